The number of carbonyl (C=O) groups excluding carboxylic acids is 1. The topological polar surface area (TPSA) is 81.5 Å². The maximum atomic E-state index is 12.2. The van der Waals surface area contributed by atoms with Crippen molar-refractivity contribution in [3.05, 3.63) is 64.2 Å². The molecule has 2 aromatic carbocycles. The number of nitro benzene ring substituents is 1. The van der Waals surface area contributed by atoms with Crippen LogP contribution in [0.5, 0.6) is 5.75 Å². The molecule has 2 aromatic rings. The number of hydrogen-bond acceptors (Lipinski definition) is 4. The Morgan fingerprint density at radius 1 is 1.16 bits per heavy atom. The molecule has 0 aliphatic carbocycles. The number of nitro groups is 1. The number of carbonyl (C=O) groups is 1. The number of rotatable bonds is 5. The molecule has 132 valence electrons. The van der Waals surface area contributed by atoms with Crippen molar-refractivity contribution in [3.63, 3.8) is 0 Å². The minimum atomic E-state index is -0.736. The van der Waals surface area contributed by atoms with Crippen LogP contribution in [0, 0.1) is 10.1 Å². The van der Waals surface area contributed by atoms with Crippen molar-refractivity contribution < 1.29 is 14.5 Å². The van der Waals surface area contributed by atoms with Crippen LogP contribution < -0.4 is 10.1 Å². The molecule has 0 fully saturated rings. The Hall–Kier alpha value is -2.89. The monoisotopic (exact) mass is 342 g/mol. The molecule has 0 spiro atoms. The molecule has 1 N–H and O–H groups in total. The van der Waals surface area contributed by atoms with Crippen LogP contribution in [0.25, 0.3) is 0 Å². The van der Waals surface area contributed by atoms with Crippen molar-refractivity contribution in [2.75, 3.05) is 5.32 Å². The Kier molecular flexibility index (Phi) is 5.41. The third kappa shape index (κ3) is 5.04. The first-order valence-electron chi connectivity index (χ1n) is 7.99. The van der Waals surface area contributed by atoms with Gasteiger partial charge in [-0.1, -0.05) is 39.0 Å². The summed E-state index contributed by atoms with van der Waals surface area (Å²) in [5.74, 6) is 0.218. The van der Waals surface area contributed by atoms with E-state index in [1.165, 1.54) is 23.8 Å². The molecule has 0 saturated heterocycles. The number of nitrogens with one attached hydrogen (secondary N) is 1. The first kappa shape index (κ1) is 18.4. The fourth-order valence-electron chi connectivity index (χ4n) is 2.23. The standard InChI is InChI=1S/C19H22N2O4/c1-13(25-17-10-8-14(9-11-17)19(2,3)4)18(22)20-15-6-5-7-16(12-15)21(23)24/h5-13H,1-4H3,(H,20,22)/t13-/m1/s1. The fraction of sp³-hybridized carbons (Fsp3) is 0.316. The molecule has 0 radical (unpaired) electrons. The van der Waals surface area contributed by atoms with Gasteiger partial charge in [0.05, 0.1) is 4.92 Å². The zero-order chi connectivity index (χ0) is 18.6. The van der Waals surface area contributed by atoms with E-state index in [1.807, 2.05) is 24.3 Å². The fourth-order valence-corrected chi connectivity index (χ4v) is 2.23. The van der Waals surface area contributed by atoms with Crippen molar-refractivity contribution >= 4 is 17.3 Å². The molecule has 0 aliphatic heterocycles. The van der Waals surface area contributed by atoms with E-state index in [-0.39, 0.29) is 17.0 Å². The van der Waals surface area contributed by atoms with Gasteiger partial charge in [0.1, 0.15) is 5.75 Å². The van der Waals surface area contributed by atoms with Crippen molar-refractivity contribution in [2.45, 2.75) is 39.2 Å². The second-order valence-electron chi connectivity index (χ2n) is 6.83. The largest absolute Gasteiger partial charge is 0.481 e. The molecular formula is C19H22N2O4. The van der Waals surface area contributed by atoms with E-state index in [0.717, 1.165) is 0 Å². The maximum Gasteiger partial charge on any atom is 0.271 e. The van der Waals surface area contributed by atoms with Crippen molar-refractivity contribution in [1.82, 2.24) is 0 Å². The number of benzene rings is 2. The number of non-ortho nitro benzene ring substituents is 1. The van der Waals surface area contributed by atoms with Gasteiger partial charge in [-0.05, 0) is 36.1 Å². The number of anilines is 1. The second-order valence-corrected chi connectivity index (χ2v) is 6.83. The van der Waals surface area contributed by atoms with Crippen LogP contribution in [0.2, 0.25) is 0 Å². The predicted octanol–water partition coefficient (Wildman–Crippen LogP) is 4.30. The average Bonchev–Trinajstić information content (AvgIpc) is 2.54. The first-order valence-corrected chi connectivity index (χ1v) is 7.99. The van der Waals surface area contributed by atoms with Crippen LogP contribution >= 0.6 is 0 Å². The van der Waals surface area contributed by atoms with Crippen LogP contribution in [0.15, 0.2) is 48.5 Å². The van der Waals surface area contributed by atoms with Gasteiger partial charge in [0.15, 0.2) is 6.10 Å². The minimum Gasteiger partial charge on any atom is -0.481 e. The highest BCUT2D eigenvalue weighted by molar-refractivity contribution is 5.94. The molecule has 1 atom stereocenters. The van der Waals surface area contributed by atoms with Gasteiger partial charge in [-0.3, -0.25) is 14.9 Å². The lowest BCUT2D eigenvalue weighted by atomic mass is 9.87. The van der Waals surface area contributed by atoms with Gasteiger partial charge in [0.25, 0.3) is 11.6 Å². The second kappa shape index (κ2) is 7.34. The molecule has 0 heterocycles. The highest BCUT2D eigenvalue weighted by atomic mass is 16.6. The van der Waals surface area contributed by atoms with Crippen LogP contribution in [-0.4, -0.2) is 16.9 Å². The Morgan fingerprint density at radius 3 is 2.36 bits per heavy atom. The molecule has 1 amide bonds. The summed E-state index contributed by atoms with van der Waals surface area (Å²) in [5, 5.41) is 13.4. The molecule has 0 aliphatic rings. The molecule has 0 aromatic heterocycles. The van der Waals surface area contributed by atoms with Crippen LogP contribution in [0.4, 0.5) is 11.4 Å². The molecule has 6 nitrogen and oxygen atoms in total. The van der Waals surface area contributed by atoms with Gasteiger partial charge in [0, 0.05) is 17.8 Å². The van der Waals surface area contributed by atoms with E-state index in [0.29, 0.717) is 11.4 Å². The summed E-state index contributed by atoms with van der Waals surface area (Å²) >= 11 is 0. The van der Waals surface area contributed by atoms with Gasteiger partial charge in [-0.2, -0.15) is 0 Å². The highest BCUT2D eigenvalue weighted by Gasteiger charge is 2.17. The zero-order valence-corrected chi connectivity index (χ0v) is 14.8. The van der Waals surface area contributed by atoms with Crippen LogP contribution in [0.3, 0.4) is 0 Å². The average molecular weight is 342 g/mol. The summed E-state index contributed by atoms with van der Waals surface area (Å²) in [4.78, 5) is 22.5. The highest BCUT2D eigenvalue weighted by Crippen LogP contribution is 2.25. The third-order valence-electron chi connectivity index (χ3n) is 3.73. The van der Waals surface area contributed by atoms with Crippen molar-refractivity contribution in [1.29, 1.82) is 0 Å². The summed E-state index contributed by atoms with van der Waals surface area (Å²) in [6, 6.07) is 13.4. The van der Waals surface area contributed by atoms with E-state index in [9.17, 15) is 14.9 Å². The number of hydrogen-bond donors (Lipinski definition) is 1. The smallest absolute Gasteiger partial charge is 0.271 e. The quantitative estimate of drug-likeness (QED) is 0.649. The molecular weight excluding hydrogens is 320 g/mol. The van der Waals surface area contributed by atoms with E-state index in [4.69, 9.17) is 4.74 Å². The summed E-state index contributed by atoms with van der Waals surface area (Å²) in [5.41, 5.74) is 1.50. The summed E-state index contributed by atoms with van der Waals surface area (Å²) in [6.07, 6.45) is -0.736. The summed E-state index contributed by atoms with van der Waals surface area (Å²) < 4.78 is 5.65. The normalized spacial score (nSPS) is 12.3. The number of nitrogens with zero attached hydrogens (tertiary/aromatic N) is 1. The summed E-state index contributed by atoms with van der Waals surface area (Å²) in [7, 11) is 0. The van der Waals surface area contributed by atoms with E-state index in [2.05, 4.69) is 26.1 Å². The van der Waals surface area contributed by atoms with Gasteiger partial charge in [0.2, 0.25) is 0 Å². The lowest BCUT2D eigenvalue weighted by Gasteiger charge is -2.20. The third-order valence-corrected chi connectivity index (χ3v) is 3.73. The van der Waals surface area contributed by atoms with E-state index in [1.54, 1.807) is 13.0 Å². The SMILES string of the molecule is C[C@@H](Oc1ccc(C(C)(C)C)cc1)C(=O)Nc1cccc([N+](=O)[O-])c1. The Balaban J connectivity index is 2.00. The molecule has 0 unspecified atom stereocenters. The number of ether oxygens (including phenoxy) is 1. The lowest BCUT2D eigenvalue weighted by molar-refractivity contribution is -0.384. The first-order chi connectivity index (χ1) is 11.7. The van der Waals surface area contributed by atoms with Crippen molar-refractivity contribution in [2.24, 2.45) is 0 Å². The van der Waals surface area contributed by atoms with Gasteiger partial charge < -0.3 is 10.1 Å². The maximum absolute atomic E-state index is 12.2. The molecule has 6 heteroatoms. The van der Waals surface area contributed by atoms with E-state index < -0.39 is 11.0 Å². The van der Waals surface area contributed by atoms with Gasteiger partial charge in [-0.15, -0.1) is 0 Å². The lowest BCUT2D eigenvalue weighted by Crippen LogP contribution is -2.30. The summed E-state index contributed by atoms with van der Waals surface area (Å²) in [6.45, 7) is 8.00. The van der Waals surface area contributed by atoms with Crippen LogP contribution in [0.1, 0.15) is 33.3 Å². The molecule has 25 heavy (non-hydrogen) atoms. The Morgan fingerprint density at radius 2 is 1.80 bits per heavy atom. The molecule has 0 saturated carbocycles. The Labute approximate surface area is 147 Å². The zero-order valence-electron chi connectivity index (χ0n) is 14.8. The van der Waals surface area contributed by atoms with Crippen LogP contribution in [-0.2, 0) is 10.2 Å². The molecule has 0 bridgehead atoms. The number of amides is 1. The Bertz CT molecular complexity index is 764. The predicted molar refractivity (Wildman–Crippen MR) is 97.0 cm³/mol. The van der Waals surface area contributed by atoms with E-state index >= 15 is 0 Å². The minimum absolute atomic E-state index is 0.0452. The van der Waals surface area contributed by atoms with Gasteiger partial charge in [-0.25, -0.2) is 0 Å². The van der Waals surface area contributed by atoms with Gasteiger partial charge >= 0.3 is 0 Å². The van der Waals surface area contributed by atoms with Crippen molar-refractivity contribution in [3.8, 4) is 5.75 Å². The molecule has 2 rings (SSSR count).